The number of Topliss-reactive ketones (excluding diaryl/α,β-unsaturated/α-hetero) is 1. The molecule has 0 aromatic carbocycles. The summed E-state index contributed by atoms with van der Waals surface area (Å²) in [6.45, 7) is 13.5. The first kappa shape index (κ1) is 43.5. The molecule has 12 nitrogen and oxygen atoms in total. The first-order chi connectivity index (χ1) is 22.2. The number of ketones is 1. The van der Waals surface area contributed by atoms with Crippen molar-refractivity contribution in [3.05, 3.63) is 0 Å². The molecule has 1 fully saturated rings. The Hall–Kier alpha value is -2.51. The van der Waals surface area contributed by atoms with E-state index in [-0.39, 0.29) is 58.9 Å². The van der Waals surface area contributed by atoms with E-state index in [2.05, 4.69) is 10.6 Å². The minimum atomic E-state index is -0.834. The van der Waals surface area contributed by atoms with Crippen LogP contribution in [0.25, 0.3) is 0 Å². The molecule has 2 unspecified atom stereocenters. The first-order valence-corrected chi connectivity index (χ1v) is 18.5. The lowest BCUT2D eigenvalue weighted by atomic mass is 9.86. The third kappa shape index (κ3) is 16.7. The zero-order chi connectivity index (χ0) is 36.7. The van der Waals surface area contributed by atoms with Gasteiger partial charge in [0.1, 0.15) is 11.8 Å². The fourth-order valence-electron chi connectivity index (χ4n) is 4.96. The van der Waals surface area contributed by atoms with Crippen molar-refractivity contribution in [3.8, 4) is 0 Å². The number of nitrogens with zero attached hydrogens (tertiary/aromatic N) is 4. The number of nitrogens with one attached hydrogen (secondary N) is 2. The molecular weight excluding hydrogens is 632 g/mol. The summed E-state index contributed by atoms with van der Waals surface area (Å²) in [6.07, 6.45) is 5.28. The summed E-state index contributed by atoms with van der Waals surface area (Å²) < 4.78 is 0. The van der Waals surface area contributed by atoms with E-state index in [4.69, 9.17) is 0 Å². The number of amides is 5. The fraction of sp³-hybridized carbons (Fsp3) is 0.829. The van der Waals surface area contributed by atoms with E-state index in [1.54, 1.807) is 19.0 Å². The van der Waals surface area contributed by atoms with Gasteiger partial charge in [0.05, 0.1) is 11.9 Å². The quantitative estimate of drug-likeness (QED) is 0.0992. The third-order valence-corrected chi connectivity index (χ3v) is 9.66. The van der Waals surface area contributed by atoms with Crippen LogP contribution in [-0.2, 0) is 28.8 Å². The van der Waals surface area contributed by atoms with Crippen molar-refractivity contribution in [2.24, 2.45) is 5.41 Å². The van der Waals surface area contributed by atoms with Gasteiger partial charge in [-0.25, -0.2) is 0 Å². The van der Waals surface area contributed by atoms with Crippen molar-refractivity contribution in [1.82, 2.24) is 30.2 Å². The van der Waals surface area contributed by atoms with Gasteiger partial charge in [-0.2, -0.15) is 0 Å². The number of hydrogen-bond donors (Lipinski definition) is 2. The van der Waals surface area contributed by atoms with Crippen LogP contribution in [0.2, 0.25) is 0 Å². The highest BCUT2D eigenvalue weighted by molar-refractivity contribution is 8.00. The predicted octanol–water partition coefficient (Wildman–Crippen LogP) is 3.28. The summed E-state index contributed by atoms with van der Waals surface area (Å²) in [4.78, 5) is 83.0. The summed E-state index contributed by atoms with van der Waals surface area (Å²) in [6, 6.07) is -0.834. The number of carbonyl (C=O) groups is 6. The van der Waals surface area contributed by atoms with Crippen LogP contribution in [-0.4, -0.2) is 132 Å². The molecule has 1 saturated heterocycles. The summed E-state index contributed by atoms with van der Waals surface area (Å²) in [5.74, 6) is -0.0380. The maximum Gasteiger partial charge on any atom is 0.245 e. The van der Waals surface area contributed by atoms with Gasteiger partial charge in [-0.1, -0.05) is 33.6 Å². The number of rotatable bonds is 22. The highest BCUT2D eigenvalue weighted by atomic mass is 32.2. The highest BCUT2D eigenvalue weighted by Gasteiger charge is 2.38. The summed E-state index contributed by atoms with van der Waals surface area (Å²) in [5, 5.41) is 5.67. The Morgan fingerprint density at radius 3 is 2.10 bits per heavy atom. The normalized spacial score (nSPS) is 16.0. The average Bonchev–Trinajstić information content (AvgIpc) is 3.25. The molecule has 1 aliphatic rings. The number of likely N-dealkylation sites (N-methyl/N-ethyl adjacent to an activating group) is 3. The van der Waals surface area contributed by atoms with Gasteiger partial charge < -0.3 is 20.0 Å². The minimum Gasteiger partial charge on any atom is -0.344 e. The van der Waals surface area contributed by atoms with Crippen LogP contribution in [0.4, 0.5) is 0 Å². The Labute approximate surface area is 293 Å². The maximum atomic E-state index is 13.3. The molecule has 2 atom stereocenters. The molecule has 0 aromatic rings. The van der Waals surface area contributed by atoms with Gasteiger partial charge in [0, 0.05) is 70.4 Å². The SMILES string of the molecule is CN(C)CCN(C)C(=O)C(CC(=O)C(C)(C)C)N(C)C(=O)CCCCCCSC1CC(=O)N(CCCCC(=O)NCNC(C)(C)C)C1=O. The van der Waals surface area contributed by atoms with Crippen molar-refractivity contribution in [3.63, 3.8) is 0 Å². The van der Waals surface area contributed by atoms with Gasteiger partial charge in [0.25, 0.3) is 0 Å². The van der Waals surface area contributed by atoms with Crippen LogP contribution in [0, 0.1) is 5.41 Å². The Morgan fingerprint density at radius 2 is 1.50 bits per heavy atom. The zero-order valence-electron chi connectivity index (χ0n) is 31.4. The van der Waals surface area contributed by atoms with Crippen molar-refractivity contribution in [2.75, 3.05) is 60.2 Å². The number of carbonyl (C=O) groups excluding carboxylic acids is 6. The summed E-state index contributed by atoms with van der Waals surface area (Å²) >= 11 is 1.51. The zero-order valence-corrected chi connectivity index (χ0v) is 32.2. The van der Waals surface area contributed by atoms with Gasteiger partial charge in [-0.05, 0) is 66.3 Å². The molecule has 2 N–H and O–H groups in total. The Balaban J connectivity index is 2.41. The lowest BCUT2D eigenvalue weighted by Gasteiger charge is -2.32. The molecule has 13 heteroatoms. The summed E-state index contributed by atoms with van der Waals surface area (Å²) in [5.41, 5.74) is -0.691. The monoisotopic (exact) mass is 696 g/mol. The molecule has 0 aliphatic carbocycles. The molecular formula is C35H64N6O6S. The van der Waals surface area contributed by atoms with Gasteiger partial charge >= 0.3 is 0 Å². The minimum absolute atomic E-state index is 0.0131. The highest BCUT2D eigenvalue weighted by Crippen LogP contribution is 2.27. The molecule has 48 heavy (non-hydrogen) atoms. The lowest BCUT2D eigenvalue weighted by Crippen LogP contribution is -2.51. The van der Waals surface area contributed by atoms with Crippen LogP contribution in [0.3, 0.4) is 0 Å². The molecule has 0 aromatic heterocycles. The third-order valence-electron chi connectivity index (χ3n) is 8.37. The van der Waals surface area contributed by atoms with Crippen LogP contribution in [0.1, 0.15) is 106 Å². The smallest absolute Gasteiger partial charge is 0.245 e. The largest absolute Gasteiger partial charge is 0.344 e. The van der Waals surface area contributed by atoms with Gasteiger partial charge in [0.2, 0.25) is 29.5 Å². The standard InChI is InChI=1S/C35H64N6O6S/c1-34(2,3)28(42)23-26(32(46)39(9)21-20-38(7)8)40(10)30(44)18-13-11-12-16-22-48-27-24-31(45)41(33(27)47)19-15-14-17-29(43)36-25-37-35(4,5)6/h26-27,37H,11-25H2,1-10H3,(H,36,43). The van der Waals surface area contributed by atoms with Gasteiger partial charge in [-0.15, -0.1) is 11.8 Å². The second-order valence-electron chi connectivity index (χ2n) is 15.2. The maximum absolute atomic E-state index is 13.3. The molecule has 1 rings (SSSR count). The summed E-state index contributed by atoms with van der Waals surface area (Å²) in [7, 11) is 7.18. The van der Waals surface area contributed by atoms with Crippen LogP contribution < -0.4 is 10.6 Å². The molecule has 0 saturated carbocycles. The van der Waals surface area contributed by atoms with E-state index in [1.165, 1.54) is 21.6 Å². The van der Waals surface area contributed by atoms with E-state index >= 15 is 0 Å². The number of thioether (sulfide) groups is 1. The van der Waals surface area contributed by atoms with Crippen molar-refractivity contribution in [1.29, 1.82) is 0 Å². The Morgan fingerprint density at radius 1 is 0.875 bits per heavy atom. The van der Waals surface area contributed by atoms with E-state index in [0.29, 0.717) is 58.4 Å². The molecule has 0 bridgehead atoms. The first-order valence-electron chi connectivity index (χ1n) is 17.4. The van der Waals surface area contributed by atoms with Crippen molar-refractivity contribution >= 4 is 47.1 Å². The average molecular weight is 697 g/mol. The molecule has 1 heterocycles. The molecule has 1 aliphatic heterocycles. The van der Waals surface area contributed by atoms with Crippen molar-refractivity contribution < 1.29 is 28.8 Å². The lowest BCUT2D eigenvalue weighted by molar-refractivity contribution is -0.146. The number of unbranched alkanes of at least 4 members (excludes halogenated alkanes) is 4. The van der Waals surface area contributed by atoms with Gasteiger partial charge in [0.15, 0.2) is 0 Å². The molecule has 276 valence electrons. The predicted molar refractivity (Wildman–Crippen MR) is 192 cm³/mol. The molecule has 0 radical (unpaired) electrons. The second kappa shape index (κ2) is 20.9. The second-order valence-corrected chi connectivity index (χ2v) is 16.5. The Kier molecular flexibility index (Phi) is 18.9. The van der Waals surface area contributed by atoms with E-state index in [0.717, 1.165) is 25.0 Å². The molecule has 5 amide bonds. The van der Waals surface area contributed by atoms with Gasteiger partial charge in [-0.3, -0.25) is 39.0 Å². The topological polar surface area (TPSA) is 139 Å². The number of hydrogen-bond acceptors (Lipinski definition) is 9. The van der Waals surface area contributed by atoms with E-state index < -0.39 is 11.5 Å². The van der Waals surface area contributed by atoms with E-state index in [9.17, 15) is 28.8 Å². The van der Waals surface area contributed by atoms with E-state index in [1.807, 2.05) is 60.5 Å². The molecule has 0 spiro atoms. The Bertz CT molecular complexity index is 1090. The number of imide groups is 1. The van der Waals surface area contributed by atoms with Crippen molar-refractivity contribution in [2.45, 2.75) is 123 Å². The fourth-order valence-corrected chi connectivity index (χ4v) is 6.15. The van der Waals surface area contributed by atoms with Crippen LogP contribution in [0.5, 0.6) is 0 Å². The van der Waals surface area contributed by atoms with Crippen LogP contribution in [0.15, 0.2) is 0 Å². The van der Waals surface area contributed by atoms with Crippen LogP contribution >= 0.6 is 11.8 Å². The number of likely N-dealkylation sites (tertiary alicyclic amines) is 1.